The molecule has 184 valence electrons. The van der Waals surface area contributed by atoms with Crippen LogP contribution in [0.15, 0.2) is 48.7 Å². The van der Waals surface area contributed by atoms with Gasteiger partial charge in [0.15, 0.2) is 0 Å². The van der Waals surface area contributed by atoms with Crippen LogP contribution in [0.25, 0.3) is 10.9 Å². The molecule has 0 radical (unpaired) electrons. The van der Waals surface area contributed by atoms with Crippen LogP contribution < -0.4 is 0 Å². The number of aryl methyl sites for hydroxylation is 1. The molecular weight excluding hydrogens is 446 g/mol. The smallest absolute Gasteiger partial charge is 0.310 e. The number of non-ortho nitro benzene ring substituents is 1. The van der Waals surface area contributed by atoms with E-state index in [0.29, 0.717) is 31.7 Å². The number of hydrogen-bond acceptors (Lipinski definition) is 5. The lowest BCUT2D eigenvalue weighted by atomic mass is 9.86. The van der Waals surface area contributed by atoms with Crippen molar-refractivity contribution in [2.24, 2.45) is 5.92 Å². The van der Waals surface area contributed by atoms with Gasteiger partial charge in [-0.25, -0.2) is 0 Å². The van der Waals surface area contributed by atoms with Crippen LogP contribution in [0.5, 0.6) is 0 Å². The van der Waals surface area contributed by atoms with Crippen molar-refractivity contribution < 1.29 is 19.2 Å². The van der Waals surface area contributed by atoms with Crippen molar-refractivity contribution in [2.45, 2.75) is 45.4 Å². The third-order valence-electron chi connectivity index (χ3n) is 6.85. The number of ether oxygens (including phenoxy) is 1. The highest BCUT2D eigenvalue weighted by atomic mass is 16.6. The number of piperidine rings is 1. The zero-order valence-electron chi connectivity index (χ0n) is 20.2. The molecule has 1 aliphatic heterocycles. The average molecular weight is 478 g/mol. The Bertz CT molecular complexity index is 1230. The molecule has 0 saturated carbocycles. The summed E-state index contributed by atoms with van der Waals surface area (Å²) in [7, 11) is 0. The van der Waals surface area contributed by atoms with Crippen LogP contribution >= 0.6 is 0 Å². The Hall–Kier alpha value is -3.68. The average Bonchev–Trinajstić information content (AvgIpc) is 3.31. The van der Waals surface area contributed by atoms with Crippen molar-refractivity contribution in [3.63, 3.8) is 0 Å². The molecule has 2 atom stereocenters. The van der Waals surface area contributed by atoms with Gasteiger partial charge in [0.25, 0.3) is 5.69 Å². The van der Waals surface area contributed by atoms with Crippen LogP contribution in [-0.4, -0.2) is 46.4 Å². The van der Waals surface area contributed by atoms with E-state index in [-0.39, 0.29) is 35.8 Å². The van der Waals surface area contributed by atoms with E-state index in [4.69, 9.17) is 4.74 Å². The minimum Gasteiger partial charge on any atom is -0.466 e. The highest BCUT2D eigenvalue weighted by Gasteiger charge is 2.31. The molecule has 0 aliphatic carbocycles. The lowest BCUT2D eigenvalue weighted by Crippen LogP contribution is -2.43. The molecule has 35 heavy (non-hydrogen) atoms. The van der Waals surface area contributed by atoms with Crippen molar-refractivity contribution in [3.8, 4) is 0 Å². The van der Waals surface area contributed by atoms with Gasteiger partial charge in [-0.2, -0.15) is 0 Å². The molecule has 2 aromatic carbocycles. The van der Waals surface area contributed by atoms with Crippen molar-refractivity contribution in [2.75, 3.05) is 19.7 Å². The quantitative estimate of drug-likeness (QED) is 0.280. The van der Waals surface area contributed by atoms with Crippen LogP contribution in [0, 0.1) is 16.0 Å². The number of aromatic nitrogens is 1. The van der Waals surface area contributed by atoms with Gasteiger partial charge >= 0.3 is 5.97 Å². The van der Waals surface area contributed by atoms with E-state index in [1.807, 2.05) is 24.4 Å². The number of rotatable bonds is 8. The number of carbonyl (C=O) groups excluding carboxylic acids is 2. The number of aromatic amines is 1. The summed E-state index contributed by atoms with van der Waals surface area (Å²) in [6, 6.07) is 12.6. The third-order valence-corrected chi connectivity index (χ3v) is 6.85. The van der Waals surface area contributed by atoms with Gasteiger partial charge in [-0.05, 0) is 42.9 Å². The maximum Gasteiger partial charge on any atom is 0.310 e. The molecule has 1 amide bonds. The van der Waals surface area contributed by atoms with Crippen molar-refractivity contribution in [3.05, 3.63) is 75.5 Å². The molecule has 1 saturated heterocycles. The molecule has 1 aromatic heterocycles. The molecule has 1 N–H and O–H groups in total. The minimum atomic E-state index is -0.415. The summed E-state index contributed by atoms with van der Waals surface area (Å²) in [5, 5.41) is 12.5. The van der Waals surface area contributed by atoms with E-state index in [9.17, 15) is 19.7 Å². The highest BCUT2D eigenvalue weighted by molar-refractivity contribution is 5.88. The molecular formula is C27H31N3O5. The molecule has 0 unspecified atom stereocenters. The predicted molar refractivity (Wildman–Crippen MR) is 133 cm³/mol. The Balaban J connectivity index is 1.68. The lowest BCUT2D eigenvalue weighted by molar-refractivity contribution is -0.384. The van der Waals surface area contributed by atoms with E-state index >= 15 is 0 Å². The van der Waals surface area contributed by atoms with Crippen molar-refractivity contribution >= 4 is 28.5 Å². The number of fused-ring (bicyclic) bond motifs is 1. The number of nitro groups is 1. The molecule has 4 rings (SSSR count). The summed E-state index contributed by atoms with van der Waals surface area (Å²) >= 11 is 0. The maximum atomic E-state index is 13.5. The van der Waals surface area contributed by atoms with Gasteiger partial charge in [-0.3, -0.25) is 19.7 Å². The molecule has 1 fully saturated rings. The number of amides is 1. The van der Waals surface area contributed by atoms with Crippen LogP contribution in [0.2, 0.25) is 0 Å². The summed E-state index contributed by atoms with van der Waals surface area (Å²) in [6.45, 7) is 5.11. The lowest BCUT2D eigenvalue weighted by Gasteiger charge is -2.32. The summed E-state index contributed by atoms with van der Waals surface area (Å²) in [5.41, 5.74) is 3.84. The first kappa shape index (κ1) is 24.4. The van der Waals surface area contributed by atoms with Gasteiger partial charge in [0, 0.05) is 54.7 Å². The van der Waals surface area contributed by atoms with Crippen LogP contribution in [0.1, 0.15) is 55.7 Å². The van der Waals surface area contributed by atoms with Crippen molar-refractivity contribution in [1.82, 2.24) is 9.88 Å². The first-order valence-corrected chi connectivity index (χ1v) is 12.2. The minimum absolute atomic E-state index is 0.00520. The van der Waals surface area contributed by atoms with Crippen LogP contribution in [0.3, 0.4) is 0 Å². The van der Waals surface area contributed by atoms with E-state index in [0.717, 1.165) is 29.3 Å². The Kier molecular flexibility index (Phi) is 7.48. The zero-order chi connectivity index (χ0) is 24.9. The SMILES string of the molecule is CCOC(=O)[C@@H]1CCCN(C(=O)C[C@H](c2cccc([N+](=O)[O-])c2)c2c[nH]c3c(CC)cccc23)C1. The van der Waals surface area contributed by atoms with E-state index in [1.165, 1.54) is 11.6 Å². The fourth-order valence-corrected chi connectivity index (χ4v) is 5.04. The Morgan fingerprint density at radius 2 is 2.03 bits per heavy atom. The third kappa shape index (κ3) is 5.21. The fraction of sp³-hybridized carbons (Fsp3) is 0.407. The normalized spacial score (nSPS) is 16.7. The fourth-order valence-electron chi connectivity index (χ4n) is 5.04. The maximum absolute atomic E-state index is 13.5. The monoisotopic (exact) mass is 477 g/mol. The number of benzene rings is 2. The number of nitrogens with zero attached hydrogens (tertiary/aromatic N) is 2. The molecule has 0 bridgehead atoms. The van der Waals surface area contributed by atoms with Gasteiger partial charge in [0.1, 0.15) is 0 Å². The van der Waals surface area contributed by atoms with Crippen molar-refractivity contribution in [1.29, 1.82) is 0 Å². The Morgan fingerprint density at radius 1 is 1.23 bits per heavy atom. The predicted octanol–water partition coefficient (Wildman–Crippen LogP) is 4.96. The van der Waals surface area contributed by atoms with E-state index in [1.54, 1.807) is 24.0 Å². The number of para-hydroxylation sites is 1. The molecule has 3 aromatic rings. The van der Waals surface area contributed by atoms with Gasteiger partial charge in [-0.1, -0.05) is 37.3 Å². The van der Waals surface area contributed by atoms with Gasteiger partial charge < -0.3 is 14.6 Å². The number of carbonyl (C=O) groups is 2. The zero-order valence-corrected chi connectivity index (χ0v) is 20.2. The number of hydrogen-bond donors (Lipinski definition) is 1. The van der Waals surface area contributed by atoms with E-state index < -0.39 is 4.92 Å². The summed E-state index contributed by atoms with van der Waals surface area (Å²) in [5.74, 6) is -1.02. The van der Waals surface area contributed by atoms with Gasteiger partial charge in [0.2, 0.25) is 5.91 Å². The first-order chi connectivity index (χ1) is 16.9. The number of esters is 1. The first-order valence-electron chi connectivity index (χ1n) is 12.2. The standard InChI is InChI=1S/C27H31N3O5/c1-3-18-8-6-12-22-24(16-28-26(18)22)23(19-9-5-11-21(14-19)30(33)34)15-25(31)29-13-7-10-20(17-29)27(32)35-4-2/h5-6,8-9,11-12,14,16,20,23,28H,3-4,7,10,13,15,17H2,1-2H3/t20-,23-/m1/s1. The second-order valence-corrected chi connectivity index (χ2v) is 8.98. The molecule has 2 heterocycles. The largest absolute Gasteiger partial charge is 0.466 e. The molecule has 8 nitrogen and oxygen atoms in total. The Labute approximate surface area is 204 Å². The summed E-state index contributed by atoms with van der Waals surface area (Å²) in [4.78, 5) is 41.9. The highest BCUT2D eigenvalue weighted by Crippen LogP contribution is 2.36. The van der Waals surface area contributed by atoms with Gasteiger partial charge in [0.05, 0.1) is 17.4 Å². The van der Waals surface area contributed by atoms with Gasteiger partial charge in [-0.15, -0.1) is 0 Å². The summed E-state index contributed by atoms with van der Waals surface area (Å²) in [6.07, 6.45) is 4.38. The topological polar surface area (TPSA) is 106 Å². The molecule has 1 aliphatic rings. The second kappa shape index (κ2) is 10.7. The molecule has 8 heteroatoms. The van der Waals surface area contributed by atoms with E-state index in [2.05, 4.69) is 18.0 Å². The number of nitro benzene ring substituents is 1. The second-order valence-electron chi connectivity index (χ2n) is 8.98. The number of H-pyrrole nitrogens is 1. The van der Waals surface area contributed by atoms with Crippen LogP contribution in [0.4, 0.5) is 5.69 Å². The molecule has 0 spiro atoms. The number of nitrogens with one attached hydrogen (secondary N) is 1. The number of likely N-dealkylation sites (tertiary alicyclic amines) is 1. The summed E-state index contributed by atoms with van der Waals surface area (Å²) < 4.78 is 5.18. The van der Waals surface area contributed by atoms with Crippen LogP contribution in [-0.2, 0) is 20.7 Å². The Morgan fingerprint density at radius 3 is 2.77 bits per heavy atom.